The Morgan fingerprint density at radius 3 is 2.79 bits per heavy atom. The maximum atomic E-state index is 11.2. The fourth-order valence-electron chi connectivity index (χ4n) is 4.79. The highest BCUT2D eigenvalue weighted by molar-refractivity contribution is 7.90. The summed E-state index contributed by atoms with van der Waals surface area (Å²) in [5.74, 6) is 3.00. The summed E-state index contributed by atoms with van der Waals surface area (Å²) in [6.07, 6.45) is 4.13. The molecular weight excluding hydrogens is 450 g/mol. The Morgan fingerprint density at radius 1 is 1.09 bits per heavy atom. The van der Waals surface area contributed by atoms with Gasteiger partial charge in [-0.1, -0.05) is 24.3 Å². The van der Waals surface area contributed by atoms with Gasteiger partial charge < -0.3 is 14.6 Å². The smallest absolute Gasteiger partial charge is 0.213 e. The van der Waals surface area contributed by atoms with E-state index in [2.05, 4.69) is 23.2 Å². The summed E-state index contributed by atoms with van der Waals surface area (Å²) >= 11 is 0. The number of ether oxygens (including phenoxy) is 2. The van der Waals surface area contributed by atoms with Crippen LogP contribution in [0.4, 0.5) is 0 Å². The van der Waals surface area contributed by atoms with Crippen molar-refractivity contribution >= 4 is 9.84 Å². The molecule has 2 unspecified atom stereocenters. The van der Waals surface area contributed by atoms with Crippen molar-refractivity contribution in [1.82, 2.24) is 4.98 Å². The lowest BCUT2D eigenvalue weighted by Crippen LogP contribution is -2.09. The molecule has 2 aliphatic rings. The second-order valence-corrected chi connectivity index (χ2v) is 11.5. The van der Waals surface area contributed by atoms with Crippen LogP contribution in [-0.2, 0) is 29.5 Å². The fourth-order valence-corrected chi connectivity index (χ4v) is 5.43. The zero-order valence-corrected chi connectivity index (χ0v) is 20.1. The molecule has 5 rings (SSSR count). The van der Waals surface area contributed by atoms with Crippen molar-refractivity contribution in [3.8, 4) is 22.8 Å². The van der Waals surface area contributed by atoms with E-state index in [4.69, 9.17) is 9.47 Å². The monoisotopic (exact) mass is 479 g/mol. The largest absolute Gasteiger partial charge is 0.489 e. The van der Waals surface area contributed by atoms with Gasteiger partial charge in [-0.2, -0.15) is 0 Å². The van der Waals surface area contributed by atoms with Gasteiger partial charge in [-0.3, -0.25) is 0 Å². The lowest BCUT2D eigenvalue weighted by molar-refractivity contribution is 0.269. The Kier molecular flexibility index (Phi) is 6.32. The third-order valence-corrected chi connectivity index (χ3v) is 7.60. The van der Waals surface area contributed by atoms with Crippen LogP contribution >= 0.6 is 0 Å². The molecule has 0 saturated heterocycles. The van der Waals surface area contributed by atoms with Crippen LogP contribution in [0, 0.1) is 5.92 Å². The van der Waals surface area contributed by atoms with Crippen LogP contribution in [0.5, 0.6) is 11.6 Å². The number of nitrogens with zero attached hydrogens (tertiary/aromatic N) is 1. The number of aliphatic hydroxyl groups is 1. The quantitative estimate of drug-likeness (QED) is 0.437. The molecule has 0 bridgehead atoms. The number of aromatic nitrogens is 1. The van der Waals surface area contributed by atoms with Crippen molar-refractivity contribution in [3.05, 3.63) is 77.0 Å². The Hall–Kier alpha value is -2.90. The van der Waals surface area contributed by atoms with E-state index in [1.54, 1.807) is 6.07 Å². The van der Waals surface area contributed by atoms with Gasteiger partial charge in [0.1, 0.15) is 22.2 Å². The van der Waals surface area contributed by atoms with E-state index in [-0.39, 0.29) is 19.0 Å². The van der Waals surface area contributed by atoms with Crippen LogP contribution in [0.3, 0.4) is 0 Å². The number of hydrogen-bond donors (Lipinski definition) is 1. The molecule has 178 valence electrons. The number of sulfone groups is 1. The van der Waals surface area contributed by atoms with Gasteiger partial charge >= 0.3 is 0 Å². The molecule has 6 nitrogen and oxygen atoms in total. The molecule has 1 saturated carbocycles. The van der Waals surface area contributed by atoms with Gasteiger partial charge in [-0.05, 0) is 77.6 Å². The molecule has 1 fully saturated rings. The Morgan fingerprint density at radius 2 is 1.97 bits per heavy atom. The Labute approximate surface area is 200 Å². The topological polar surface area (TPSA) is 85.7 Å². The fraction of sp³-hybridized carbons (Fsp3) is 0.370. The highest BCUT2D eigenvalue weighted by atomic mass is 32.2. The molecule has 3 aromatic rings. The average Bonchev–Trinajstić information content (AvgIpc) is 3.50. The van der Waals surface area contributed by atoms with E-state index in [9.17, 15) is 13.5 Å². The van der Waals surface area contributed by atoms with Crippen LogP contribution < -0.4 is 9.47 Å². The van der Waals surface area contributed by atoms with Gasteiger partial charge in [0.25, 0.3) is 0 Å². The first-order valence-electron chi connectivity index (χ1n) is 11.7. The summed E-state index contributed by atoms with van der Waals surface area (Å²) in [7, 11) is -3.01. The molecule has 1 N–H and O–H groups in total. The summed E-state index contributed by atoms with van der Waals surface area (Å²) in [5, 5.41) is 9.88. The molecule has 0 amide bonds. The Bertz CT molecular complexity index is 1300. The van der Waals surface area contributed by atoms with Crippen LogP contribution in [0.25, 0.3) is 11.1 Å². The van der Waals surface area contributed by atoms with Gasteiger partial charge in [0, 0.05) is 17.9 Å². The minimum absolute atomic E-state index is 0.0687. The van der Waals surface area contributed by atoms with Crippen molar-refractivity contribution in [2.24, 2.45) is 5.92 Å². The van der Waals surface area contributed by atoms with Crippen LogP contribution in [0.15, 0.2) is 54.6 Å². The van der Waals surface area contributed by atoms with E-state index in [1.807, 2.05) is 30.3 Å². The number of rotatable bonds is 10. The van der Waals surface area contributed by atoms with Gasteiger partial charge in [-0.15, -0.1) is 0 Å². The van der Waals surface area contributed by atoms with Crippen molar-refractivity contribution in [2.75, 3.05) is 18.6 Å². The molecule has 34 heavy (non-hydrogen) atoms. The highest BCUT2D eigenvalue weighted by Gasteiger charge is 2.44. The minimum atomic E-state index is -3.01. The molecule has 7 heteroatoms. The molecule has 2 aliphatic carbocycles. The summed E-state index contributed by atoms with van der Waals surface area (Å²) < 4.78 is 34.2. The van der Waals surface area contributed by atoms with E-state index in [0.717, 1.165) is 34.3 Å². The third-order valence-electron chi connectivity index (χ3n) is 6.57. The summed E-state index contributed by atoms with van der Waals surface area (Å²) in [6, 6.07) is 18.1. The third kappa shape index (κ3) is 5.26. The standard InChI is InChI=1S/C27H29NO5S/c1-34(30,31)11-3-10-32-27-9-8-24(26(16-29)28-27)19-5-2-4-18(12-19)17-33-22-6-7-23-20(14-22)13-21-15-25(21)23/h2,4-9,12,14,21,25,29H,3,10-11,13,15-17H2,1H3. The molecule has 1 aromatic heterocycles. The molecule has 1 heterocycles. The molecular formula is C27H29NO5S. The van der Waals surface area contributed by atoms with Gasteiger partial charge in [0.15, 0.2) is 0 Å². The zero-order valence-electron chi connectivity index (χ0n) is 19.2. The minimum Gasteiger partial charge on any atom is -0.489 e. The molecule has 0 aliphatic heterocycles. The number of aliphatic hydroxyl groups excluding tert-OH is 1. The number of benzene rings is 2. The normalized spacial score (nSPS) is 18.3. The maximum absolute atomic E-state index is 11.2. The predicted molar refractivity (Wildman–Crippen MR) is 131 cm³/mol. The summed E-state index contributed by atoms with van der Waals surface area (Å²) in [6.45, 7) is 0.484. The van der Waals surface area contributed by atoms with E-state index >= 15 is 0 Å². The first-order valence-corrected chi connectivity index (χ1v) is 13.7. The van der Waals surface area contributed by atoms with Crippen LogP contribution in [-0.4, -0.2) is 37.1 Å². The Balaban J connectivity index is 1.24. The summed E-state index contributed by atoms with van der Waals surface area (Å²) in [4.78, 5) is 4.41. The maximum Gasteiger partial charge on any atom is 0.213 e. The number of hydrogen-bond acceptors (Lipinski definition) is 6. The van der Waals surface area contributed by atoms with Crippen LogP contribution in [0.1, 0.15) is 41.1 Å². The van der Waals surface area contributed by atoms with Crippen molar-refractivity contribution < 1.29 is 23.0 Å². The first kappa shape index (κ1) is 22.9. The first-order chi connectivity index (χ1) is 16.4. The lowest BCUT2D eigenvalue weighted by Gasteiger charge is -2.13. The van der Waals surface area contributed by atoms with Crippen LogP contribution in [0.2, 0.25) is 0 Å². The lowest BCUT2D eigenvalue weighted by atomic mass is 10.0. The highest BCUT2D eigenvalue weighted by Crippen LogP contribution is 2.56. The average molecular weight is 480 g/mol. The van der Waals surface area contributed by atoms with E-state index in [0.29, 0.717) is 24.6 Å². The van der Waals surface area contributed by atoms with Gasteiger partial charge in [0.05, 0.1) is 24.7 Å². The molecule has 0 spiro atoms. The van der Waals surface area contributed by atoms with Gasteiger partial charge in [-0.25, -0.2) is 13.4 Å². The molecule has 2 aromatic carbocycles. The molecule has 2 atom stereocenters. The SMILES string of the molecule is CS(=O)(=O)CCCOc1ccc(-c2cccc(COc3ccc4c(c3)CC3CC43)c2)c(CO)n1. The predicted octanol–water partition coefficient (Wildman–Crippen LogP) is 4.29. The van der Waals surface area contributed by atoms with Crippen molar-refractivity contribution in [3.63, 3.8) is 0 Å². The van der Waals surface area contributed by atoms with E-state index in [1.165, 1.54) is 30.2 Å². The zero-order chi connectivity index (χ0) is 23.7. The number of pyridine rings is 1. The second-order valence-electron chi connectivity index (χ2n) is 9.29. The molecule has 0 radical (unpaired) electrons. The summed E-state index contributed by atoms with van der Waals surface area (Å²) in [5.41, 5.74) is 6.25. The van der Waals surface area contributed by atoms with Crippen molar-refractivity contribution in [1.29, 1.82) is 0 Å². The second kappa shape index (κ2) is 9.39. The van der Waals surface area contributed by atoms with Crippen molar-refractivity contribution in [2.45, 2.75) is 38.4 Å². The van der Waals surface area contributed by atoms with E-state index < -0.39 is 9.84 Å². The number of fused-ring (bicyclic) bond motifs is 3. The van der Waals surface area contributed by atoms with Gasteiger partial charge in [0.2, 0.25) is 5.88 Å².